The summed E-state index contributed by atoms with van der Waals surface area (Å²) in [6.45, 7) is 4.49. The smallest absolute Gasteiger partial charge is 0.0540 e. The molecule has 0 aliphatic rings. The van der Waals surface area contributed by atoms with E-state index in [1.165, 1.54) is 122 Å². The van der Waals surface area contributed by atoms with E-state index in [-0.39, 0.29) is 12.2 Å². The van der Waals surface area contributed by atoms with Gasteiger partial charge in [0.15, 0.2) is 0 Å². The van der Waals surface area contributed by atoms with Gasteiger partial charge in [-0.15, -0.1) is 0 Å². The molecule has 0 rings (SSSR count). The Hall–Kier alpha value is -0.0800. The molecule has 0 aromatic carbocycles. The van der Waals surface area contributed by atoms with Crippen molar-refractivity contribution in [1.29, 1.82) is 0 Å². The number of hydrogen-bond acceptors (Lipinski definition) is 2. The molecule has 2 nitrogen and oxygen atoms in total. The Kier molecular flexibility index (Phi) is 26.1. The highest BCUT2D eigenvalue weighted by molar-refractivity contribution is 4.61. The van der Waals surface area contributed by atoms with Crippen LogP contribution in [0, 0.1) is 0 Å². The Morgan fingerprint density at radius 1 is 0.323 bits per heavy atom. The molecule has 0 aromatic rings. The quantitative estimate of drug-likeness (QED) is 0.131. The predicted molar refractivity (Wildman–Crippen MR) is 139 cm³/mol. The zero-order valence-corrected chi connectivity index (χ0v) is 21.7. The summed E-state index contributed by atoms with van der Waals surface area (Å²) in [5, 5.41) is 20.1. The van der Waals surface area contributed by atoms with Crippen LogP contribution in [0.1, 0.15) is 174 Å². The van der Waals surface area contributed by atoms with Crippen molar-refractivity contribution in [3.8, 4) is 0 Å². The first-order valence-corrected chi connectivity index (χ1v) is 14.6. The molecule has 0 fully saturated rings. The summed E-state index contributed by atoms with van der Waals surface area (Å²) in [5.74, 6) is 0. The van der Waals surface area contributed by atoms with Crippen LogP contribution in [0.5, 0.6) is 0 Å². The van der Waals surface area contributed by atoms with E-state index < -0.39 is 0 Å². The average molecular weight is 441 g/mol. The SMILES string of the molecule is CCCCCCCCCCCCCCCCCCC[C@H](O)CCC[C@H](O)CCCCC. The van der Waals surface area contributed by atoms with Gasteiger partial charge in [0.25, 0.3) is 0 Å². The molecule has 0 saturated carbocycles. The fraction of sp³-hybridized carbons (Fsp3) is 1.00. The zero-order chi connectivity index (χ0) is 22.8. The number of hydrogen-bond donors (Lipinski definition) is 2. The molecule has 0 aliphatic heterocycles. The van der Waals surface area contributed by atoms with Crippen LogP contribution in [0.4, 0.5) is 0 Å². The van der Waals surface area contributed by atoms with E-state index in [1.807, 2.05) is 0 Å². The van der Waals surface area contributed by atoms with Gasteiger partial charge in [0.1, 0.15) is 0 Å². The highest BCUT2D eigenvalue weighted by Gasteiger charge is 2.07. The van der Waals surface area contributed by atoms with E-state index >= 15 is 0 Å². The van der Waals surface area contributed by atoms with Gasteiger partial charge >= 0.3 is 0 Å². The number of unbranched alkanes of at least 4 members (excludes halogenated alkanes) is 18. The highest BCUT2D eigenvalue weighted by atomic mass is 16.3. The maximum Gasteiger partial charge on any atom is 0.0540 e. The Labute approximate surface area is 197 Å². The molecule has 31 heavy (non-hydrogen) atoms. The van der Waals surface area contributed by atoms with Crippen LogP contribution < -0.4 is 0 Å². The Balaban J connectivity index is 3.18. The second-order valence-electron chi connectivity index (χ2n) is 10.2. The van der Waals surface area contributed by atoms with Crippen LogP contribution in [-0.2, 0) is 0 Å². The molecule has 0 unspecified atom stereocenters. The summed E-state index contributed by atoms with van der Waals surface area (Å²) in [4.78, 5) is 0. The highest BCUT2D eigenvalue weighted by Crippen LogP contribution is 2.16. The molecule has 188 valence electrons. The summed E-state index contributed by atoms with van der Waals surface area (Å²) in [5.41, 5.74) is 0. The van der Waals surface area contributed by atoms with Crippen LogP contribution >= 0.6 is 0 Å². The summed E-state index contributed by atoms with van der Waals surface area (Å²) < 4.78 is 0. The summed E-state index contributed by atoms with van der Waals surface area (Å²) in [7, 11) is 0. The first-order chi connectivity index (χ1) is 15.2. The van der Waals surface area contributed by atoms with Crippen LogP contribution in [-0.4, -0.2) is 22.4 Å². The molecule has 0 amide bonds. The first-order valence-electron chi connectivity index (χ1n) is 14.6. The fourth-order valence-electron chi connectivity index (χ4n) is 4.61. The Morgan fingerprint density at radius 2 is 0.548 bits per heavy atom. The topological polar surface area (TPSA) is 40.5 Å². The van der Waals surface area contributed by atoms with E-state index in [1.54, 1.807) is 0 Å². The summed E-state index contributed by atoms with van der Waals surface area (Å²) >= 11 is 0. The van der Waals surface area contributed by atoms with Crippen molar-refractivity contribution in [2.75, 3.05) is 0 Å². The molecule has 2 heteroatoms. The zero-order valence-electron chi connectivity index (χ0n) is 21.7. The van der Waals surface area contributed by atoms with Gasteiger partial charge in [0.05, 0.1) is 12.2 Å². The Bertz CT molecular complexity index is 318. The monoisotopic (exact) mass is 440 g/mol. The van der Waals surface area contributed by atoms with Gasteiger partial charge in [-0.05, 0) is 32.1 Å². The van der Waals surface area contributed by atoms with Gasteiger partial charge in [-0.3, -0.25) is 0 Å². The van der Waals surface area contributed by atoms with Crippen molar-refractivity contribution in [3.63, 3.8) is 0 Å². The van der Waals surface area contributed by atoms with Crippen molar-refractivity contribution < 1.29 is 10.2 Å². The van der Waals surface area contributed by atoms with Gasteiger partial charge in [-0.25, -0.2) is 0 Å². The van der Waals surface area contributed by atoms with Crippen molar-refractivity contribution in [1.82, 2.24) is 0 Å². The van der Waals surface area contributed by atoms with E-state index in [2.05, 4.69) is 13.8 Å². The van der Waals surface area contributed by atoms with Gasteiger partial charge in [-0.2, -0.15) is 0 Å². The minimum Gasteiger partial charge on any atom is -0.393 e. The van der Waals surface area contributed by atoms with Gasteiger partial charge < -0.3 is 10.2 Å². The van der Waals surface area contributed by atoms with Gasteiger partial charge in [0.2, 0.25) is 0 Å². The van der Waals surface area contributed by atoms with Crippen molar-refractivity contribution >= 4 is 0 Å². The van der Waals surface area contributed by atoms with Crippen LogP contribution in [0.2, 0.25) is 0 Å². The molecule has 0 aromatic heterocycles. The number of aliphatic hydroxyl groups excluding tert-OH is 2. The minimum absolute atomic E-state index is 0.154. The molecule has 0 aliphatic carbocycles. The molecule has 0 heterocycles. The minimum atomic E-state index is -0.154. The third-order valence-electron chi connectivity index (χ3n) is 6.86. The number of rotatable bonds is 26. The summed E-state index contributed by atoms with van der Waals surface area (Å²) in [6.07, 6.45) is 31.6. The van der Waals surface area contributed by atoms with Gasteiger partial charge in [-0.1, -0.05) is 142 Å². The molecule has 0 bridgehead atoms. The van der Waals surface area contributed by atoms with Crippen molar-refractivity contribution in [3.05, 3.63) is 0 Å². The normalized spacial score (nSPS) is 13.5. The lowest BCUT2D eigenvalue weighted by atomic mass is 10.0. The Morgan fingerprint density at radius 3 is 0.903 bits per heavy atom. The molecule has 0 spiro atoms. The largest absolute Gasteiger partial charge is 0.393 e. The lowest BCUT2D eigenvalue weighted by molar-refractivity contribution is 0.121. The van der Waals surface area contributed by atoms with E-state index in [9.17, 15) is 10.2 Å². The molecular weight excluding hydrogens is 380 g/mol. The molecular formula is C29H60O2. The standard InChI is InChI=1S/C29H60O2/c1-3-5-7-8-9-10-11-12-13-14-15-16-17-18-19-20-22-25-29(31)27-23-26-28(30)24-21-6-4-2/h28-31H,3-27H2,1-2H3/t28-,29+/m1/s1. The maximum absolute atomic E-state index is 10.1. The van der Waals surface area contributed by atoms with Crippen LogP contribution in [0.25, 0.3) is 0 Å². The summed E-state index contributed by atoms with van der Waals surface area (Å²) in [6, 6.07) is 0. The molecule has 2 N–H and O–H groups in total. The van der Waals surface area contributed by atoms with Gasteiger partial charge in [0, 0.05) is 0 Å². The number of aliphatic hydroxyl groups is 2. The third kappa shape index (κ3) is 26.1. The predicted octanol–water partition coefficient (Wildman–Crippen LogP) is 9.50. The lowest BCUT2D eigenvalue weighted by Gasteiger charge is -2.13. The third-order valence-corrected chi connectivity index (χ3v) is 6.86. The lowest BCUT2D eigenvalue weighted by Crippen LogP contribution is -2.10. The van der Waals surface area contributed by atoms with Crippen molar-refractivity contribution in [2.24, 2.45) is 0 Å². The first kappa shape index (κ1) is 30.9. The molecule has 0 radical (unpaired) electrons. The van der Waals surface area contributed by atoms with Crippen LogP contribution in [0.3, 0.4) is 0 Å². The van der Waals surface area contributed by atoms with E-state index in [0.29, 0.717) is 0 Å². The molecule has 0 saturated heterocycles. The molecule has 2 atom stereocenters. The average Bonchev–Trinajstić information content (AvgIpc) is 2.76. The van der Waals surface area contributed by atoms with E-state index in [4.69, 9.17) is 0 Å². The van der Waals surface area contributed by atoms with Crippen LogP contribution in [0.15, 0.2) is 0 Å². The maximum atomic E-state index is 10.1. The fourth-order valence-corrected chi connectivity index (χ4v) is 4.61. The van der Waals surface area contributed by atoms with Crippen molar-refractivity contribution in [2.45, 2.75) is 187 Å². The second-order valence-corrected chi connectivity index (χ2v) is 10.2. The van der Waals surface area contributed by atoms with E-state index in [0.717, 1.165) is 38.5 Å². The second kappa shape index (κ2) is 26.2.